The molecule has 0 aliphatic heterocycles. The Hall–Kier alpha value is -2.18. The van der Waals surface area contributed by atoms with Crippen molar-refractivity contribution in [2.75, 3.05) is 20.2 Å². The van der Waals surface area contributed by atoms with Gasteiger partial charge in [0, 0.05) is 31.0 Å². The van der Waals surface area contributed by atoms with E-state index in [4.69, 9.17) is 5.11 Å². The first-order chi connectivity index (χ1) is 10.1. The summed E-state index contributed by atoms with van der Waals surface area (Å²) in [6.07, 6.45) is 3.13. The average molecular weight is 289 g/mol. The van der Waals surface area contributed by atoms with Crippen LogP contribution in [0.1, 0.15) is 11.4 Å². The van der Waals surface area contributed by atoms with Crippen molar-refractivity contribution in [1.82, 2.24) is 14.5 Å². The largest absolute Gasteiger partial charge is 0.503 e. The maximum absolute atomic E-state index is 11.6. The smallest absolute Gasteiger partial charge is 0.223 e. The van der Waals surface area contributed by atoms with E-state index < -0.39 is 5.43 Å². The Bertz CT molecular complexity index is 640. The number of aromatic nitrogens is 2. The quantitative estimate of drug-likeness (QED) is 0.806. The van der Waals surface area contributed by atoms with Crippen LogP contribution in [-0.2, 0) is 13.1 Å². The van der Waals surface area contributed by atoms with Crippen molar-refractivity contribution < 1.29 is 10.2 Å². The number of aromatic hydroxyl groups is 1. The molecule has 6 nitrogen and oxygen atoms in total. The number of pyridine rings is 2. The highest BCUT2D eigenvalue weighted by Crippen LogP contribution is 2.10. The highest BCUT2D eigenvalue weighted by atomic mass is 16.3. The maximum atomic E-state index is 11.6. The molecule has 0 radical (unpaired) electrons. The molecule has 0 unspecified atom stereocenters. The molecule has 0 amide bonds. The molecular weight excluding hydrogens is 270 g/mol. The van der Waals surface area contributed by atoms with Crippen LogP contribution in [0.5, 0.6) is 5.75 Å². The topological polar surface area (TPSA) is 78.6 Å². The molecule has 6 heteroatoms. The Morgan fingerprint density at radius 1 is 1.38 bits per heavy atom. The van der Waals surface area contributed by atoms with Gasteiger partial charge >= 0.3 is 0 Å². The van der Waals surface area contributed by atoms with E-state index in [0.717, 1.165) is 11.4 Å². The highest BCUT2D eigenvalue weighted by Gasteiger charge is 2.09. The molecule has 0 fully saturated rings. The van der Waals surface area contributed by atoms with Crippen LogP contribution < -0.4 is 5.43 Å². The number of likely N-dealkylation sites (N-methyl/N-ethyl adjacent to an activating group) is 1. The monoisotopic (exact) mass is 289 g/mol. The lowest BCUT2D eigenvalue weighted by Gasteiger charge is -2.19. The molecule has 0 atom stereocenters. The number of aliphatic hydroxyl groups excluding tert-OH is 1. The van der Waals surface area contributed by atoms with Crippen LogP contribution in [0.2, 0.25) is 0 Å². The summed E-state index contributed by atoms with van der Waals surface area (Å²) in [5.74, 6) is -0.278. The van der Waals surface area contributed by atoms with Crippen molar-refractivity contribution in [3.05, 3.63) is 58.3 Å². The summed E-state index contributed by atoms with van der Waals surface area (Å²) in [7, 11) is 1.86. The van der Waals surface area contributed by atoms with Crippen LogP contribution in [0.25, 0.3) is 0 Å². The van der Waals surface area contributed by atoms with Crippen molar-refractivity contribution in [2.24, 2.45) is 0 Å². The van der Waals surface area contributed by atoms with Crippen molar-refractivity contribution >= 4 is 0 Å². The van der Waals surface area contributed by atoms with Crippen LogP contribution in [0.3, 0.4) is 0 Å². The van der Waals surface area contributed by atoms with E-state index in [1.165, 1.54) is 12.3 Å². The van der Waals surface area contributed by atoms with Crippen molar-refractivity contribution in [3.63, 3.8) is 0 Å². The molecule has 0 bridgehead atoms. The van der Waals surface area contributed by atoms with Gasteiger partial charge in [-0.25, -0.2) is 0 Å². The van der Waals surface area contributed by atoms with Gasteiger partial charge in [-0.2, -0.15) is 0 Å². The first-order valence-corrected chi connectivity index (χ1v) is 6.72. The van der Waals surface area contributed by atoms with Gasteiger partial charge in [0.05, 0.1) is 25.0 Å². The zero-order valence-electron chi connectivity index (χ0n) is 11.9. The molecule has 2 heterocycles. The van der Waals surface area contributed by atoms with Crippen LogP contribution in [-0.4, -0.2) is 44.9 Å². The minimum absolute atomic E-state index is 0.0546. The third-order valence-electron chi connectivity index (χ3n) is 3.17. The Kier molecular flexibility index (Phi) is 5.08. The van der Waals surface area contributed by atoms with Gasteiger partial charge in [-0.15, -0.1) is 0 Å². The second-order valence-corrected chi connectivity index (χ2v) is 4.92. The van der Waals surface area contributed by atoms with Gasteiger partial charge in [-0.1, -0.05) is 6.07 Å². The van der Waals surface area contributed by atoms with Gasteiger partial charge in [0.15, 0.2) is 5.75 Å². The van der Waals surface area contributed by atoms with Crippen LogP contribution in [0.4, 0.5) is 0 Å². The van der Waals surface area contributed by atoms with Gasteiger partial charge < -0.3 is 14.8 Å². The Labute approximate surface area is 122 Å². The predicted molar refractivity (Wildman–Crippen MR) is 79.1 cm³/mol. The van der Waals surface area contributed by atoms with E-state index in [-0.39, 0.29) is 12.4 Å². The summed E-state index contributed by atoms with van der Waals surface area (Å²) in [5.41, 5.74) is 1.20. The van der Waals surface area contributed by atoms with Gasteiger partial charge in [-0.3, -0.25) is 14.7 Å². The molecule has 0 aliphatic rings. The minimum Gasteiger partial charge on any atom is -0.503 e. The lowest BCUT2D eigenvalue weighted by atomic mass is 10.2. The zero-order chi connectivity index (χ0) is 15.2. The summed E-state index contributed by atoms with van der Waals surface area (Å²) in [6, 6.07) is 7.03. The molecule has 0 saturated heterocycles. The molecule has 21 heavy (non-hydrogen) atoms. The van der Waals surface area contributed by atoms with E-state index in [9.17, 15) is 9.90 Å². The second-order valence-electron chi connectivity index (χ2n) is 4.92. The van der Waals surface area contributed by atoms with Crippen LogP contribution in [0, 0.1) is 0 Å². The lowest BCUT2D eigenvalue weighted by molar-refractivity contribution is 0.214. The Balaban J connectivity index is 2.29. The SMILES string of the molecule is CN(CCO)Cc1cc(=O)c(O)cn1Cc1ccccn1. The Morgan fingerprint density at radius 3 is 2.86 bits per heavy atom. The average Bonchev–Trinajstić information content (AvgIpc) is 2.45. The molecule has 2 aromatic heterocycles. The van der Waals surface area contributed by atoms with E-state index in [1.54, 1.807) is 10.8 Å². The normalized spacial score (nSPS) is 11.0. The van der Waals surface area contributed by atoms with E-state index in [0.29, 0.717) is 19.6 Å². The summed E-state index contributed by atoms with van der Waals surface area (Å²) < 4.78 is 1.80. The molecule has 2 N–H and O–H groups in total. The molecule has 2 aromatic rings. The summed E-state index contributed by atoms with van der Waals surface area (Å²) >= 11 is 0. The summed E-state index contributed by atoms with van der Waals surface area (Å²) in [5, 5.41) is 18.6. The third-order valence-corrected chi connectivity index (χ3v) is 3.17. The van der Waals surface area contributed by atoms with Gasteiger partial charge in [0.2, 0.25) is 5.43 Å². The fourth-order valence-electron chi connectivity index (χ4n) is 2.08. The number of hydrogen-bond acceptors (Lipinski definition) is 5. The molecule has 0 aliphatic carbocycles. The number of aliphatic hydroxyl groups is 1. The standard InChI is InChI=1S/C15H19N3O3/c1-17(6-7-19)10-13-8-14(20)15(21)11-18(13)9-12-4-2-3-5-16-12/h2-5,8,11,19,21H,6-7,9-10H2,1H3. The molecule has 112 valence electrons. The highest BCUT2D eigenvalue weighted by molar-refractivity contribution is 5.21. The fourth-order valence-corrected chi connectivity index (χ4v) is 2.08. The maximum Gasteiger partial charge on any atom is 0.223 e. The number of hydrogen-bond donors (Lipinski definition) is 2. The third kappa shape index (κ3) is 4.14. The molecule has 2 rings (SSSR count). The molecular formula is C15H19N3O3. The first kappa shape index (κ1) is 15.2. The number of rotatable bonds is 6. The predicted octanol–water partition coefficient (Wildman–Crippen LogP) is 0.421. The summed E-state index contributed by atoms with van der Waals surface area (Å²) in [6.45, 7) is 1.54. The van der Waals surface area contributed by atoms with E-state index in [1.807, 2.05) is 30.1 Å². The molecule has 0 saturated carbocycles. The molecule has 0 spiro atoms. The van der Waals surface area contributed by atoms with E-state index >= 15 is 0 Å². The fraction of sp³-hybridized carbons (Fsp3) is 0.333. The lowest BCUT2D eigenvalue weighted by Crippen LogP contribution is -2.25. The first-order valence-electron chi connectivity index (χ1n) is 6.72. The van der Waals surface area contributed by atoms with Crippen LogP contribution >= 0.6 is 0 Å². The van der Waals surface area contributed by atoms with Crippen molar-refractivity contribution in [3.8, 4) is 5.75 Å². The zero-order valence-corrected chi connectivity index (χ0v) is 11.9. The van der Waals surface area contributed by atoms with Gasteiger partial charge in [0.1, 0.15) is 0 Å². The minimum atomic E-state index is -0.403. The van der Waals surface area contributed by atoms with Gasteiger partial charge in [0.25, 0.3) is 0 Å². The van der Waals surface area contributed by atoms with E-state index in [2.05, 4.69) is 4.98 Å². The van der Waals surface area contributed by atoms with Crippen LogP contribution in [0.15, 0.2) is 41.5 Å². The van der Waals surface area contributed by atoms with Crippen molar-refractivity contribution in [1.29, 1.82) is 0 Å². The summed E-state index contributed by atoms with van der Waals surface area (Å²) in [4.78, 5) is 17.8. The molecule has 0 aromatic carbocycles. The van der Waals surface area contributed by atoms with Gasteiger partial charge in [-0.05, 0) is 19.2 Å². The Morgan fingerprint density at radius 2 is 2.19 bits per heavy atom. The number of nitrogens with zero attached hydrogens (tertiary/aromatic N) is 3. The van der Waals surface area contributed by atoms with Crippen molar-refractivity contribution in [2.45, 2.75) is 13.1 Å². The second kappa shape index (κ2) is 7.01.